The number of aryl methyl sites for hydroxylation is 1. The molecule has 1 aromatic heterocycles. The van der Waals surface area contributed by atoms with Crippen molar-refractivity contribution in [3.8, 4) is 11.4 Å². The molecule has 0 bridgehead atoms. The van der Waals surface area contributed by atoms with Gasteiger partial charge in [-0.15, -0.1) is 6.58 Å². The highest BCUT2D eigenvalue weighted by atomic mass is 16.5. The van der Waals surface area contributed by atoms with Gasteiger partial charge in [0.05, 0.1) is 19.0 Å². The van der Waals surface area contributed by atoms with Crippen LogP contribution in [0.1, 0.15) is 23.1 Å². The second-order valence-corrected chi connectivity index (χ2v) is 7.87. The Morgan fingerprint density at radius 1 is 1.19 bits per heavy atom. The van der Waals surface area contributed by atoms with E-state index < -0.39 is 5.41 Å². The molecule has 7 heteroatoms. The van der Waals surface area contributed by atoms with Crippen LogP contribution in [0.25, 0.3) is 5.69 Å². The van der Waals surface area contributed by atoms with Crippen LogP contribution in [0, 0.1) is 6.92 Å². The van der Waals surface area contributed by atoms with Gasteiger partial charge in [-0.05, 0) is 42.8 Å². The van der Waals surface area contributed by atoms with Gasteiger partial charge in [0.2, 0.25) is 11.8 Å². The van der Waals surface area contributed by atoms with Crippen molar-refractivity contribution in [2.75, 3.05) is 23.9 Å². The summed E-state index contributed by atoms with van der Waals surface area (Å²) in [6.45, 7) is 6.16. The topological polar surface area (TPSA) is 76.5 Å². The summed E-state index contributed by atoms with van der Waals surface area (Å²) in [4.78, 5) is 28.4. The molecule has 156 valence electrons. The number of aromatic nitrogens is 2. The Morgan fingerprint density at radius 2 is 1.97 bits per heavy atom. The molecular weight excluding hydrogens is 392 g/mol. The van der Waals surface area contributed by atoms with E-state index in [0.29, 0.717) is 17.9 Å². The number of nitrogens with one attached hydrogen (secondary N) is 1. The number of nitrogens with zero attached hydrogens (tertiary/aromatic N) is 3. The first-order valence-corrected chi connectivity index (χ1v) is 10.1. The number of anilines is 2. The molecule has 0 saturated heterocycles. The van der Waals surface area contributed by atoms with Crippen LogP contribution in [0.3, 0.4) is 0 Å². The lowest BCUT2D eigenvalue weighted by molar-refractivity contribution is -0.126. The molecule has 0 fully saturated rings. The molecule has 1 spiro atoms. The van der Waals surface area contributed by atoms with Gasteiger partial charge in [-0.2, -0.15) is 5.10 Å². The quantitative estimate of drug-likeness (QED) is 0.665. The maximum Gasteiger partial charge on any atom is 0.243 e. The lowest BCUT2D eigenvalue weighted by atomic mass is 9.71. The largest absolute Gasteiger partial charge is 0.497 e. The smallest absolute Gasteiger partial charge is 0.243 e. The highest BCUT2D eigenvalue weighted by Gasteiger charge is 2.57. The second-order valence-electron chi connectivity index (χ2n) is 7.87. The van der Waals surface area contributed by atoms with Gasteiger partial charge in [-0.25, -0.2) is 4.68 Å². The molecule has 1 atom stereocenters. The van der Waals surface area contributed by atoms with Crippen LogP contribution in [-0.4, -0.2) is 35.2 Å². The van der Waals surface area contributed by atoms with Gasteiger partial charge < -0.3 is 15.0 Å². The summed E-state index contributed by atoms with van der Waals surface area (Å²) in [5, 5.41) is 7.49. The van der Waals surface area contributed by atoms with Gasteiger partial charge in [0.1, 0.15) is 17.0 Å². The predicted octanol–water partition coefficient (Wildman–Crippen LogP) is 3.35. The van der Waals surface area contributed by atoms with Crippen molar-refractivity contribution in [2.45, 2.75) is 18.8 Å². The second kappa shape index (κ2) is 6.84. The summed E-state index contributed by atoms with van der Waals surface area (Å²) in [6, 6.07) is 13.3. The van der Waals surface area contributed by atoms with Gasteiger partial charge in [-0.1, -0.05) is 23.8 Å². The molecule has 1 unspecified atom stereocenters. The first-order valence-electron chi connectivity index (χ1n) is 10.1. The number of carbonyl (C=O) groups is 2. The van der Waals surface area contributed by atoms with Crippen LogP contribution >= 0.6 is 0 Å². The van der Waals surface area contributed by atoms with Gasteiger partial charge in [0, 0.05) is 24.2 Å². The fraction of sp³-hybridized carbons (Fsp3) is 0.208. The zero-order valence-corrected chi connectivity index (χ0v) is 17.4. The SMILES string of the molecule is C=CCN1C(=O)C2(CC(=O)Nc3c2cnn3-c2ccc(OC)cc2)c2cc(C)ccc21. The third-order valence-electron chi connectivity index (χ3n) is 6.05. The number of carbonyl (C=O) groups excluding carboxylic acids is 2. The number of fused-ring (bicyclic) bond motifs is 4. The first kappa shape index (κ1) is 19.1. The zero-order chi connectivity index (χ0) is 21.8. The third-order valence-corrected chi connectivity index (χ3v) is 6.05. The maximum absolute atomic E-state index is 13.8. The maximum atomic E-state index is 13.8. The molecule has 3 heterocycles. The van der Waals surface area contributed by atoms with Crippen LogP contribution in [0.15, 0.2) is 61.3 Å². The summed E-state index contributed by atoms with van der Waals surface area (Å²) in [7, 11) is 1.61. The van der Waals surface area contributed by atoms with E-state index in [1.807, 2.05) is 49.4 Å². The van der Waals surface area contributed by atoms with E-state index >= 15 is 0 Å². The van der Waals surface area contributed by atoms with Gasteiger partial charge in [-0.3, -0.25) is 9.59 Å². The summed E-state index contributed by atoms with van der Waals surface area (Å²) in [5.74, 6) is 0.894. The molecule has 7 nitrogen and oxygen atoms in total. The molecule has 0 aliphatic carbocycles. The number of ether oxygens (including phenoxy) is 1. The summed E-state index contributed by atoms with van der Waals surface area (Å²) in [6.07, 6.45) is 3.43. The number of rotatable bonds is 4. The minimum absolute atomic E-state index is 0.0389. The van der Waals surface area contributed by atoms with Crippen LogP contribution in [0.4, 0.5) is 11.5 Å². The number of hydrogen-bond donors (Lipinski definition) is 1. The Balaban J connectivity index is 1.73. The summed E-state index contributed by atoms with van der Waals surface area (Å²) >= 11 is 0. The molecule has 31 heavy (non-hydrogen) atoms. The van der Waals surface area contributed by atoms with Crippen molar-refractivity contribution in [2.24, 2.45) is 0 Å². The van der Waals surface area contributed by atoms with Crippen LogP contribution in [0.2, 0.25) is 0 Å². The van der Waals surface area contributed by atoms with E-state index in [1.165, 1.54) is 0 Å². The lowest BCUT2D eigenvalue weighted by Gasteiger charge is -2.32. The molecule has 2 amide bonds. The van der Waals surface area contributed by atoms with Crippen LogP contribution < -0.4 is 15.0 Å². The Hall–Kier alpha value is -3.87. The molecule has 1 N–H and O–H groups in total. The molecule has 2 aliphatic rings. The van der Waals surface area contributed by atoms with Crippen molar-refractivity contribution in [1.29, 1.82) is 0 Å². The number of benzene rings is 2. The number of hydrogen-bond acceptors (Lipinski definition) is 4. The molecule has 5 rings (SSSR count). The summed E-state index contributed by atoms with van der Waals surface area (Å²) in [5.41, 5.74) is 3.04. The molecule has 0 saturated carbocycles. The van der Waals surface area contributed by atoms with Crippen molar-refractivity contribution in [3.63, 3.8) is 0 Å². The normalized spacial score (nSPS) is 19.2. The average Bonchev–Trinajstić information content (AvgIpc) is 3.28. The minimum atomic E-state index is -1.10. The van der Waals surface area contributed by atoms with Gasteiger partial charge >= 0.3 is 0 Å². The molecule has 3 aromatic rings. The van der Waals surface area contributed by atoms with E-state index in [2.05, 4.69) is 17.0 Å². The molecular formula is C24H22N4O3. The van der Waals surface area contributed by atoms with Crippen LogP contribution in [0.5, 0.6) is 5.75 Å². The van der Waals surface area contributed by atoms with E-state index in [-0.39, 0.29) is 18.2 Å². The monoisotopic (exact) mass is 414 g/mol. The van der Waals surface area contributed by atoms with Crippen molar-refractivity contribution < 1.29 is 14.3 Å². The Morgan fingerprint density at radius 3 is 2.68 bits per heavy atom. The standard InChI is InChI=1S/C24H22N4O3/c1-4-11-27-20-10-5-15(2)12-18(20)24(23(27)30)13-21(29)26-22-19(24)14-25-28(22)16-6-8-17(31-3)9-7-16/h4-10,12,14H,1,11,13H2,2-3H3,(H,26,29). The van der Waals surface area contributed by atoms with Gasteiger partial charge in [0.15, 0.2) is 0 Å². The van der Waals surface area contributed by atoms with Crippen molar-refractivity contribution in [1.82, 2.24) is 9.78 Å². The zero-order valence-electron chi connectivity index (χ0n) is 17.4. The van der Waals surface area contributed by atoms with E-state index in [9.17, 15) is 9.59 Å². The fourth-order valence-corrected chi connectivity index (χ4v) is 4.64. The Bertz CT molecular complexity index is 1230. The highest BCUT2D eigenvalue weighted by Crippen LogP contribution is 2.52. The van der Waals surface area contributed by atoms with E-state index in [0.717, 1.165) is 28.3 Å². The fourth-order valence-electron chi connectivity index (χ4n) is 4.64. The third kappa shape index (κ3) is 2.63. The van der Waals surface area contributed by atoms with Crippen molar-refractivity contribution in [3.05, 3.63) is 78.0 Å². The molecule has 2 aromatic carbocycles. The molecule has 0 radical (unpaired) electrons. The van der Waals surface area contributed by atoms with Crippen LogP contribution in [-0.2, 0) is 15.0 Å². The van der Waals surface area contributed by atoms with Gasteiger partial charge in [0.25, 0.3) is 0 Å². The summed E-state index contributed by atoms with van der Waals surface area (Å²) < 4.78 is 6.89. The highest BCUT2D eigenvalue weighted by molar-refractivity contribution is 6.16. The van der Waals surface area contributed by atoms with Crippen molar-refractivity contribution >= 4 is 23.3 Å². The Labute approximate surface area is 179 Å². The predicted molar refractivity (Wildman–Crippen MR) is 118 cm³/mol. The Kier molecular flexibility index (Phi) is 4.22. The average molecular weight is 414 g/mol. The van der Waals surface area contributed by atoms with E-state index in [1.54, 1.807) is 29.0 Å². The van der Waals surface area contributed by atoms with E-state index in [4.69, 9.17) is 4.74 Å². The first-order chi connectivity index (χ1) is 15.0. The number of methoxy groups -OCH3 is 1. The molecule has 2 aliphatic heterocycles. The lowest BCUT2D eigenvalue weighted by Crippen LogP contribution is -2.46. The number of amides is 2. The minimum Gasteiger partial charge on any atom is -0.497 e.